The number of rotatable bonds is 2. The fraction of sp³-hybridized carbons (Fsp3) is 0.444. The molecule has 1 fully saturated rings. The third-order valence-electron chi connectivity index (χ3n) is 2.38. The monoisotopic (exact) mass is 241 g/mol. The molecule has 1 N–H and O–H groups in total. The second-order valence-electron chi connectivity index (χ2n) is 3.23. The zero-order chi connectivity index (χ0) is 9.26. The van der Waals surface area contributed by atoms with E-state index in [1.807, 2.05) is 18.3 Å². The maximum Gasteiger partial charge on any atom is 0.142 e. The summed E-state index contributed by atoms with van der Waals surface area (Å²) in [6, 6.07) is 4.54. The van der Waals surface area contributed by atoms with Gasteiger partial charge in [-0.05, 0) is 28.1 Å². The van der Waals surface area contributed by atoms with Crippen LogP contribution in [-0.4, -0.2) is 31.2 Å². The van der Waals surface area contributed by atoms with Gasteiger partial charge in [0.2, 0.25) is 0 Å². The van der Waals surface area contributed by atoms with Gasteiger partial charge in [-0.1, -0.05) is 0 Å². The van der Waals surface area contributed by atoms with Crippen molar-refractivity contribution in [3.63, 3.8) is 0 Å². The maximum absolute atomic E-state index is 4.33. The standard InChI is InChI=1S/C9H12BrN3/c1-13(7-5-11-6-7)9-8(10)3-2-4-12-9/h2-4,7,11H,5-6H2,1H3. The van der Waals surface area contributed by atoms with Gasteiger partial charge < -0.3 is 10.2 Å². The van der Waals surface area contributed by atoms with E-state index in [1.54, 1.807) is 0 Å². The predicted molar refractivity (Wildman–Crippen MR) is 57.0 cm³/mol. The largest absolute Gasteiger partial charge is 0.353 e. The van der Waals surface area contributed by atoms with Crippen molar-refractivity contribution in [1.82, 2.24) is 10.3 Å². The van der Waals surface area contributed by atoms with Gasteiger partial charge in [-0.3, -0.25) is 0 Å². The first kappa shape index (κ1) is 8.97. The number of hydrogen-bond acceptors (Lipinski definition) is 3. The lowest BCUT2D eigenvalue weighted by atomic mass is 10.1. The Hall–Kier alpha value is -0.610. The van der Waals surface area contributed by atoms with E-state index < -0.39 is 0 Å². The molecule has 0 aliphatic carbocycles. The molecule has 0 spiro atoms. The minimum absolute atomic E-state index is 0.589. The van der Waals surface area contributed by atoms with Crippen molar-refractivity contribution in [2.24, 2.45) is 0 Å². The number of aromatic nitrogens is 1. The van der Waals surface area contributed by atoms with Crippen LogP contribution in [0.15, 0.2) is 22.8 Å². The molecule has 0 saturated carbocycles. The molecule has 1 saturated heterocycles. The molecular weight excluding hydrogens is 230 g/mol. The lowest BCUT2D eigenvalue weighted by Gasteiger charge is -2.36. The lowest BCUT2D eigenvalue weighted by molar-refractivity contribution is 0.426. The normalized spacial score (nSPS) is 16.8. The minimum Gasteiger partial charge on any atom is -0.353 e. The van der Waals surface area contributed by atoms with E-state index in [2.05, 4.69) is 38.2 Å². The molecule has 1 aliphatic rings. The summed E-state index contributed by atoms with van der Waals surface area (Å²) in [5, 5.41) is 3.25. The summed E-state index contributed by atoms with van der Waals surface area (Å²) in [4.78, 5) is 6.54. The first-order valence-corrected chi connectivity index (χ1v) is 5.12. The number of halogens is 1. The van der Waals surface area contributed by atoms with Crippen LogP contribution < -0.4 is 10.2 Å². The third-order valence-corrected chi connectivity index (χ3v) is 3.00. The molecule has 2 rings (SSSR count). The van der Waals surface area contributed by atoms with Gasteiger partial charge in [0.15, 0.2) is 0 Å². The topological polar surface area (TPSA) is 28.2 Å². The quantitative estimate of drug-likeness (QED) is 0.846. The summed E-state index contributed by atoms with van der Waals surface area (Å²) >= 11 is 3.49. The van der Waals surface area contributed by atoms with Crippen molar-refractivity contribution in [2.75, 3.05) is 25.0 Å². The summed E-state index contributed by atoms with van der Waals surface area (Å²) in [6.45, 7) is 2.11. The Balaban J connectivity index is 2.18. The average Bonchev–Trinajstić information content (AvgIpc) is 2.01. The Bertz CT molecular complexity index is 299. The van der Waals surface area contributed by atoms with Gasteiger partial charge in [0.1, 0.15) is 5.82 Å². The fourth-order valence-corrected chi connectivity index (χ4v) is 1.89. The molecule has 0 unspecified atom stereocenters. The van der Waals surface area contributed by atoms with Crippen LogP contribution in [0.5, 0.6) is 0 Å². The van der Waals surface area contributed by atoms with Gasteiger partial charge in [0.25, 0.3) is 0 Å². The number of nitrogens with zero attached hydrogens (tertiary/aromatic N) is 2. The molecule has 3 nitrogen and oxygen atoms in total. The van der Waals surface area contributed by atoms with Crippen LogP contribution >= 0.6 is 15.9 Å². The van der Waals surface area contributed by atoms with Crippen LogP contribution in [-0.2, 0) is 0 Å². The first-order chi connectivity index (χ1) is 6.29. The van der Waals surface area contributed by atoms with Gasteiger partial charge in [0, 0.05) is 26.3 Å². The van der Waals surface area contributed by atoms with Gasteiger partial charge in [-0.15, -0.1) is 0 Å². The molecule has 1 aliphatic heterocycles. The Labute approximate surface area is 86.3 Å². The van der Waals surface area contributed by atoms with E-state index in [0.717, 1.165) is 23.4 Å². The molecule has 13 heavy (non-hydrogen) atoms. The van der Waals surface area contributed by atoms with Crippen molar-refractivity contribution in [1.29, 1.82) is 0 Å². The number of nitrogens with one attached hydrogen (secondary N) is 1. The van der Waals surface area contributed by atoms with Crippen molar-refractivity contribution in [3.05, 3.63) is 22.8 Å². The number of anilines is 1. The van der Waals surface area contributed by atoms with E-state index >= 15 is 0 Å². The zero-order valence-electron chi connectivity index (χ0n) is 7.50. The zero-order valence-corrected chi connectivity index (χ0v) is 9.08. The molecule has 70 valence electrons. The molecule has 0 aromatic carbocycles. The fourth-order valence-electron chi connectivity index (χ4n) is 1.36. The Kier molecular flexibility index (Phi) is 2.51. The van der Waals surface area contributed by atoms with E-state index in [0.29, 0.717) is 6.04 Å². The average molecular weight is 242 g/mol. The Morgan fingerprint density at radius 3 is 2.92 bits per heavy atom. The van der Waals surface area contributed by atoms with Crippen LogP contribution in [0.4, 0.5) is 5.82 Å². The second-order valence-corrected chi connectivity index (χ2v) is 4.09. The van der Waals surface area contributed by atoms with Crippen LogP contribution in [0, 0.1) is 0 Å². The van der Waals surface area contributed by atoms with Gasteiger partial charge >= 0.3 is 0 Å². The predicted octanol–water partition coefficient (Wildman–Crippen LogP) is 1.25. The van der Waals surface area contributed by atoms with Crippen molar-refractivity contribution in [2.45, 2.75) is 6.04 Å². The highest BCUT2D eigenvalue weighted by molar-refractivity contribution is 9.10. The second kappa shape index (κ2) is 3.64. The smallest absolute Gasteiger partial charge is 0.142 e. The number of hydrogen-bond donors (Lipinski definition) is 1. The van der Waals surface area contributed by atoms with Gasteiger partial charge in [-0.25, -0.2) is 4.98 Å². The summed E-state index contributed by atoms with van der Waals surface area (Å²) in [5.74, 6) is 1.02. The molecule has 4 heteroatoms. The molecule has 2 heterocycles. The highest BCUT2D eigenvalue weighted by Crippen LogP contribution is 2.23. The van der Waals surface area contributed by atoms with E-state index in [-0.39, 0.29) is 0 Å². The van der Waals surface area contributed by atoms with Crippen LogP contribution in [0.1, 0.15) is 0 Å². The Morgan fingerprint density at radius 1 is 1.62 bits per heavy atom. The highest BCUT2D eigenvalue weighted by atomic mass is 79.9. The molecular formula is C9H12BrN3. The van der Waals surface area contributed by atoms with Crippen molar-refractivity contribution >= 4 is 21.7 Å². The van der Waals surface area contributed by atoms with Crippen molar-refractivity contribution in [3.8, 4) is 0 Å². The maximum atomic E-state index is 4.33. The van der Waals surface area contributed by atoms with Gasteiger partial charge in [0.05, 0.1) is 10.5 Å². The molecule has 1 aromatic heterocycles. The number of likely N-dealkylation sites (N-methyl/N-ethyl adjacent to an activating group) is 1. The van der Waals surface area contributed by atoms with Crippen molar-refractivity contribution < 1.29 is 0 Å². The van der Waals surface area contributed by atoms with Crippen LogP contribution in [0.2, 0.25) is 0 Å². The molecule has 1 aromatic rings. The van der Waals surface area contributed by atoms with Crippen LogP contribution in [0.3, 0.4) is 0 Å². The SMILES string of the molecule is CN(c1ncccc1Br)C1CNC1. The minimum atomic E-state index is 0.589. The molecule has 0 bridgehead atoms. The summed E-state index contributed by atoms with van der Waals surface area (Å²) in [5.41, 5.74) is 0. The van der Waals surface area contributed by atoms with E-state index in [4.69, 9.17) is 0 Å². The molecule has 0 amide bonds. The molecule has 0 atom stereocenters. The van der Waals surface area contributed by atoms with E-state index in [1.165, 1.54) is 0 Å². The highest BCUT2D eigenvalue weighted by Gasteiger charge is 2.23. The third kappa shape index (κ3) is 1.69. The van der Waals surface area contributed by atoms with E-state index in [9.17, 15) is 0 Å². The number of pyridine rings is 1. The summed E-state index contributed by atoms with van der Waals surface area (Å²) < 4.78 is 1.06. The lowest BCUT2D eigenvalue weighted by Crippen LogP contribution is -2.56. The Morgan fingerprint density at radius 2 is 2.38 bits per heavy atom. The summed E-state index contributed by atoms with van der Waals surface area (Å²) in [6.07, 6.45) is 1.82. The van der Waals surface area contributed by atoms with Crippen LogP contribution in [0.25, 0.3) is 0 Å². The summed E-state index contributed by atoms with van der Waals surface area (Å²) in [7, 11) is 2.08. The first-order valence-electron chi connectivity index (χ1n) is 4.33. The molecule has 0 radical (unpaired) electrons. The van der Waals surface area contributed by atoms with Gasteiger partial charge in [-0.2, -0.15) is 0 Å².